The zero-order chi connectivity index (χ0) is 17.0. The van der Waals surface area contributed by atoms with Crippen LogP contribution in [0.1, 0.15) is 39.8 Å². The van der Waals surface area contributed by atoms with Crippen molar-refractivity contribution in [3.63, 3.8) is 0 Å². The fraction of sp³-hybridized carbons (Fsp3) is 0.211. The van der Waals surface area contributed by atoms with Crippen molar-refractivity contribution in [3.8, 4) is 5.69 Å². The monoisotopic (exact) mass is 333 g/mol. The first-order chi connectivity index (χ1) is 12.2. The Morgan fingerprint density at radius 3 is 2.76 bits per heavy atom. The Balaban J connectivity index is 1.60. The summed E-state index contributed by atoms with van der Waals surface area (Å²) in [5, 5.41) is 4.52. The standard InChI is InChI=1S/C19H15N3O3/c23-18-15-7-6-14(10-13(15)11-25-18)22-19(24)21-16(8-9-17(21)20-22)12-4-2-1-3-5-12/h1-7,10,16H,8-9,11H2/t16-/m0/s1. The first kappa shape index (κ1) is 14.2. The number of fused-ring (bicyclic) bond motifs is 2. The van der Waals surface area contributed by atoms with Gasteiger partial charge in [-0.3, -0.25) is 4.57 Å². The Hall–Kier alpha value is -3.15. The lowest BCUT2D eigenvalue weighted by Gasteiger charge is -2.12. The molecular weight excluding hydrogens is 318 g/mol. The van der Waals surface area contributed by atoms with Crippen LogP contribution in [0.25, 0.3) is 5.69 Å². The summed E-state index contributed by atoms with van der Waals surface area (Å²) in [4.78, 5) is 24.6. The van der Waals surface area contributed by atoms with E-state index in [2.05, 4.69) is 5.10 Å². The van der Waals surface area contributed by atoms with Crippen LogP contribution in [0.3, 0.4) is 0 Å². The molecule has 2 aliphatic heterocycles. The second-order valence-electron chi connectivity index (χ2n) is 6.36. The third kappa shape index (κ3) is 2.07. The predicted octanol–water partition coefficient (Wildman–Crippen LogP) is 2.24. The van der Waals surface area contributed by atoms with E-state index in [1.807, 2.05) is 36.4 Å². The second kappa shape index (κ2) is 5.17. The first-order valence-corrected chi connectivity index (χ1v) is 8.28. The van der Waals surface area contributed by atoms with Gasteiger partial charge in [-0.05, 0) is 30.2 Å². The van der Waals surface area contributed by atoms with Crippen LogP contribution in [0.4, 0.5) is 0 Å². The molecule has 6 heteroatoms. The highest BCUT2D eigenvalue weighted by Crippen LogP contribution is 2.29. The summed E-state index contributed by atoms with van der Waals surface area (Å²) < 4.78 is 8.23. The van der Waals surface area contributed by atoms with Gasteiger partial charge in [0.25, 0.3) is 0 Å². The minimum atomic E-state index is -0.314. The summed E-state index contributed by atoms with van der Waals surface area (Å²) in [6, 6.07) is 15.3. The van der Waals surface area contributed by atoms with Crippen molar-refractivity contribution in [2.45, 2.75) is 25.5 Å². The normalized spacial score (nSPS) is 18.1. The molecule has 6 nitrogen and oxygen atoms in total. The number of aryl methyl sites for hydroxylation is 1. The van der Waals surface area contributed by atoms with Crippen LogP contribution in [0.15, 0.2) is 53.3 Å². The molecule has 0 saturated carbocycles. The predicted molar refractivity (Wildman–Crippen MR) is 89.8 cm³/mol. The molecule has 1 atom stereocenters. The van der Waals surface area contributed by atoms with E-state index in [1.54, 1.807) is 16.7 Å². The quantitative estimate of drug-likeness (QED) is 0.675. The number of rotatable bonds is 2. The molecule has 0 fully saturated rings. The molecule has 3 aromatic rings. The molecule has 0 bridgehead atoms. The Bertz CT molecular complexity index is 1050. The highest BCUT2D eigenvalue weighted by molar-refractivity contribution is 5.93. The Labute approximate surface area is 143 Å². The maximum Gasteiger partial charge on any atom is 0.351 e. The number of aromatic nitrogens is 3. The largest absolute Gasteiger partial charge is 0.457 e. The molecule has 124 valence electrons. The second-order valence-corrected chi connectivity index (χ2v) is 6.36. The molecule has 0 N–H and O–H groups in total. The van der Waals surface area contributed by atoms with E-state index in [0.717, 1.165) is 29.8 Å². The lowest BCUT2D eigenvalue weighted by molar-refractivity contribution is 0.0535. The van der Waals surface area contributed by atoms with E-state index in [9.17, 15) is 9.59 Å². The van der Waals surface area contributed by atoms with E-state index in [0.29, 0.717) is 11.3 Å². The maximum absolute atomic E-state index is 13.0. The molecule has 3 heterocycles. The summed E-state index contributed by atoms with van der Waals surface area (Å²) in [5.41, 5.74) is 2.99. The van der Waals surface area contributed by atoms with Gasteiger partial charge in [-0.1, -0.05) is 30.3 Å². The van der Waals surface area contributed by atoms with E-state index < -0.39 is 0 Å². The lowest BCUT2D eigenvalue weighted by Crippen LogP contribution is -2.26. The van der Waals surface area contributed by atoms with E-state index in [1.165, 1.54) is 4.68 Å². The van der Waals surface area contributed by atoms with Crippen LogP contribution in [-0.2, 0) is 17.8 Å². The number of hydrogen-bond acceptors (Lipinski definition) is 4. The average Bonchev–Trinajstić information content (AvgIpc) is 3.31. The van der Waals surface area contributed by atoms with Crippen LogP contribution in [-0.4, -0.2) is 20.3 Å². The SMILES string of the molecule is O=C1OCc2cc(-n3nc4n(c3=O)[C@H](c3ccccc3)CC4)ccc21. The van der Waals surface area contributed by atoms with E-state index >= 15 is 0 Å². The average molecular weight is 333 g/mol. The molecule has 0 amide bonds. The topological polar surface area (TPSA) is 66.1 Å². The van der Waals surface area contributed by atoms with Crippen molar-refractivity contribution >= 4 is 5.97 Å². The summed E-state index contributed by atoms with van der Waals surface area (Å²) in [6.07, 6.45) is 1.66. The molecule has 0 aliphatic carbocycles. The molecule has 1 aromatic heterocycles. The van der Waals surface area contributed by atoms with Crippen molar-refractivity contribution in [1.82, 2.24) is 14.3 Å². The van der Waals surface area contributed by atoms with E-state index in [4.69, 9.17) is 4.74 Å². The lowest BCUT2D eigenvalue weighted by atomic mass is 10.1. The van der Waals surface area contributed by atoms with Crippen molar-refractivity contribution in [2.75, 3.05) is 0 Å². The molecule has 0 spiro atoms. The van der Waals surface area contributed by atoms with Gasteiger partial charge in [-0.25, -0.2) is 9.59 Å². The molecular formula is C19H15N3O3. The Morgan fingerprint density at radius 1 is 1.08 bits per heavy atom. The fourth-order valence-electron chi connectivity index (χ4n) is 3.71. The fourth-order valence-corrected chi connectivity index (χ4v) is 3.71. The maximum atomic E-state index is 13.0. The summed E-state index contributed by atoms with van der Waals surface area (Å²) in [6.45, 7) is 0.247. The zero-order valence-electron chi connectivity index (χ0n) is 13.4. The van der Waals surface area contributed by atoms with Crippen molar-refractivity contribution in [1.29, 1.82) is 0 Å². The van der Waals surface area contributed by atoms with Crippen LogP contribution in [0, 0.1) is 0 Å². The van der Waals surface area contributed by atoms with Gasteiger partial charge in [-0.2, -0.15) is 4.68 Å². The third-order valence-electron chi connectivity index (χ3n) is 4.93. The Kier molecular flexibility index (Phi) is 2.94. The molecule has 0 radical (unpaired) electrons. The van der Waals surface area contributed by atoms with Gasteiger partial charge in [0.1, 0.15) is 12.4 Å². The van der Waals surface area contributed by atoms with Gasteiger partial charge in [0.2, 0.25) is 0 Å². The highest BCUT2D eigenvalue weighted by Gasteiger charge is 2.29. The first-order valence-electron chi connectivity index (χ1n) is 8.28. The number of cyclic esters (lactones) is 1. The summed E-state index contributed by atoms with van der Waals surface area (Å²) >= 11 is 0. The van der Waals surface area contributed by atoms with Crippen LogP contribution in [0.2, 0.25) is 0 Å². The van der Waals surface area contributed by atoms with Crippen molar-refractivity contribution in [3.05, 3.63) is 81.5 Å². The number of carbonyl (C=O) groups is 1. The highest BCUT2D eigenvalue weighted by atomic mass is 16.5. The number of hydrogen-bond donors (Lipinski definition) is 0. The van der Waals surface area contributed by atoms with Gasteiger partial charge in [-0.15, -0.1) is 5.10 Å². The number of esters is 1. The molecule has 2 aromatic carbocycles. The minimum absolute atomic E-state index is 0.0248. The molecule has 5 rings (SSSR count). The van der Waals surface area contributed by atoms with Crippen LogP contribution < -0.4 is 5.69 Å². The molecule has 2 aliphatic rings. The Morgan fingerprint density at radius 2 is 1.92 bits per heavy atom. The van der Waals surface area contributed by atoms with E-state index in [-0.39, 0.29) is 24.3 Å². The number of carbonyl (C=O) groups excluding carboxylic acids is 1. The van der Waals surface area contributed by atoms with Crippen LogP contribution >= 0.6 is 0 Å². The minimum Gasteiger partial charge on any atom is -0.457 e. The van der Waals surface area contributed by atoms with Crippen LogP contribution in [0.5, 0.6) is 0 Å². The molecule has 0 unspecified atom stereocenters. The van der Waals surface area contributed by atoms with Crippen molar-refractivity contribution in [2.24, 2.45) is 0 Å². The van der Waals surface area contributed by atoms with Gasteiger partial charge in [0.15, 0.2) is 0 Å². The van der Waals surface area contributed by atoms with Gasteiger partial charge in [0.05, 0.1) is 17.3 Å². The zero-order valence-corrected chi connectivity index (χ0v) is 13.4. The number of benzene rings is 2. The summed E-state index contributed by atoms with van der Waals surface area (Å²) in [5.74, 6) is 0.483. The summed E-state index contributed by atoms with van der Waals surface area (Å²) in [7, 11) is 0. The molecule has 25 heavy (non-hydrogen) atoms. The number of nitrogens with zero attached hydrogens (tertiary/aromatic N) is 3. The van der Waals surface area contributed by atoms with Gasteiger partial charge < -0.3 is 4.74 Å². The van der Waals surface area contributed by atoms with Gasteiger partial charge >= 0.3 is 11.7 Å². The van der Waals surface area contributed by atoms with Gasteiger partial charge in [0, 0.05) is 12.0 Å². The molecule has 0 saturated heterocycles. The third-order valence-corrected chi connectivity index (χ3v) is 4.93. The smallest absolute Gasteiger partial charge is 0.351 e. The van der Waals surface area contributed by atoms with Crippen molar-refractivity contribution < 1.29 is 9.53 Å². The number of ether oxygens (including phenoxy) is 1.